The first-order chi connectivity index (χ1) is 8.72. The van der Waals surface area contributed by atoms with Crippen molar-refractivity contribution in [3.05, 3.63) is 70.0 Å². The van der Waals surface area contributed by atoms with E-state index >= 15 is 0 Å². The highest BCUT2D eigenvalue weighted by Crippen LogP contribution is 2.26. The summed E-state index contributed by atoms with van der Waals surface area (Å²) in [5, 5.41) is 0.745. The number of rotatable bonds is 2. The second kappa shape index (κ2) is 4.71. The zero-order valence-electron chi connectivity index (χ0n) is 9.87. The molecule has 0 fully saturated rings. The quantitative estimate of drug-likeness (QED) is 0.790. The molecule has 18 heavy (non-hydrogen) atoms. The molecule has 0 saturated heterocycles. The highest BCUT2D eigenvalue weighted by molar-refractivity contribution is 6.30. The summed E-state index contributed by atoms with van der Waals surface area (Å²) in [6, 6.07) is 13.1. The molecule has 0 aliphatic carbocycles. The molecule has 0 saturated carbocycles. The Morgan fingerprint density at radius 1 is 1.06 bits per heavy atom. The van der Waals surface area contributed by atoms with Crippen molar-refractivity contribution in [2.75, 3.05) is 0 Å². The fourth-order valence-electron chi connectivity index (χ4n) is 2.41. The maximum absolute atomic E-state index is 13.6. The van der Waals surface area contributed by atoms with E-state index in [1.807, 2.05) is 30.3 Å². The summed E-state index contributed by atoms with van der Waals surface area (Å²) in [4.78, 5) is 2.23. The summed E-state index contributed by atoms with van der Waals surface area (Å²) in [5.41, 5.74) is 3.14. The molecule has 1 nitrogen and oxygen atoms in total. The topological polar surface area (TPSA) is 3.24 Å². The highest BCUT2D eigenvalue weighted by Gasteiger charge is 2.21. The summed E-state index contributed by atoms with van der Waals surface area (Å²) < 4.78 is 13.6. The first-order valence-electron chi connectivity index (χ1n) is 5.95. The molecule has 1 aliphatic rings. The molecule has 92 valence electrons. The normalized spacial score (nSPS) is 14.8. The molecule has 3 heteroatoms. The fourth-order valence-corrected chi connectivity index (χ4v) is 2.53. The van der Waals surface area contributed by atoms with Crippen LogP contribution in [0.1, 0.15) is 16.7 Å². The summed E-state index contributed by atoms with van der Waals surface area (Å²) in [7, 11) is 0. The van der Waals surface area contributed by atoms with Crippen LogP contribution in [0.15, 0.2) is 42.5 Å². The molecule has 0 N–H and O–H groups in total. The van der Waals surface area contributed by atoms with Crippen molar-refractivity contribution >= 4 is 11.6 Å². The van der Waals surface area contributed by atoms with E-state index in [9.17, 15) is 4.39 Å². The first-order valence-corrected chi connectivity index (χ1v) is 6.33. The van der Waals surface area contributed by atoms with E-state index in [1.54, 1.807) is 6.07 Å². The van der Waals surface area contributed by atoms with Gasteiger partial charge in [-0.2, -0.15) is 0 Å². The van der Waals surface area contributed by atoms with Crippen molar-refractivity contribution in [1.29, 1.82) is 0 Å². The predicted molar refractivity (Wildman–Crippen MR) is 70.8 cm³/mol. The average Bonchev–Trinajstić information content (AvgIpc) is 2.76. The van der Waals surface area contributed by atoms with Gasteiger partial charge in [-0.15, -0.1) is 0 Å². The molecule has 2 aromatic carbocycles. The minimum absolute atomic E-state index is 0.0916. The standard InChI is InChI=1S/C15H13ClFN/c16-13-6-4-11(5-7-13)8-18-9-12-2-1-3-15(17)14(12)10-18/h1-7H,8-10H2. The van der Waals surface area contributed by atoms with E-state index in [1.165, 1.54) is 11.6 Å². The number of hydrogen-bond acceptors (Lipinski definition) is 1. The van der Waals surface area contributed by atoms with Crippen LogP contribution < -0.4 is 0 Å². The van der Waals surface area contributed by atoms with Crippen molar-refractivity contribution in [2.24, 2.45) is 0 Å². The molecule has 0 radical (unpaired) electrons. The number of benzene rings is 2. The van der Waals surface area contributed by atoms with Crippen LogP contribution in [-0.2, 0) is 19.6 Å². The summed E-state index contributed by atoms with van der Waals surface area (Å²) >= 11 is 5.86. The van der Waals surface area contributed by atoms with Gasteiger partial charge in [-0.25, -0.2) is 4.39 Å². The van der Waals surface area contributed by atoms with Crippen molar-refractivity contribution in [1.82, 2.24) is 4.90 Å². The van der Waals surface area contributed by atoms with Crippen molar-refractivity contribution < 1.29 is 4.39 Å². The first kappa shape index (κ1) is 11.7. The van der Waals surface area contributed by atoms with Gasteiger partial charge in [0.1, 0.15) is 5.82 Å². The van der Waals surface area contributed by atoms with E-state index < -0.39 is 0 Å². The lowest BCUT2D eigenvalue weighted by Crippen LogP contribution is -2.15. The number of nitrogens with zero attached hydrogens (tertiary/aromatic N) is 1. The van der Waals surface area contributed by atoms with Gasteiger partial charge in [0, 0.05) is 30.2 Å². The van der Waals surface area contributed by atoms with Crippen LogP contribution >= 0.6 is 11.6 Å². The van der Waals surface area contributed by atoms with Gasteiger partial charge in [0.15, 0.2) is 0 Å². The molecule has 1 heterocycles. The average molecular weight is 262 g/mol. The predicted octanol–water partition coefficient (Wildman–Crippen LogP) is 3.99. The SMILES string of the molecule is Fc1cccc2c1CN(Cc1ccc(Cl)cc1)C2. The molecule has 0 spiro atoms. The summed E-state index contributed by atoms with van der Waals surface area (Å²) in [5.74, 6) is -0.0916. The lowest BCUT2D eigenvalue weighted by molar-refractivity contribution is 0.273. The minimum Gasteiger partial charge on any atom is -0.290 e. The van der Waals surface area contributed by atoms with Gasteiger partial charge in [0.2, 0.25) is 0 Å². The Balaban J connectivity index is 1.75. The third-order valence-corrected chi connectivity index (χ3v) is 3.56. The van der Waals surface area contributed by atoms with Crippen molar-refractivity contribution in [3.8, 4) is 0 Å². The summed E-state index contributed by atoms with van der Waals surface area (Å²) in [6.45, 7) is 2.33. The number of fused-ring (bicyclic) bond motifs is 1. The van der Waals surface area contributed by atoms with Crippen LogP contribution in [0.5, 0.6) is 0 Å². The lowest BCUT2D eigenvalue weighted by atomic mass is 10.1. The largest absolute Gasteiger partial charge is 0.290 e. The van der Waals surface area contributed by atoms with Gasteiger partial charge in [0.05, 0.1) is 0 Å². The maximum Gasteiger partial charge on any atom is 0.128 e. The molecule has 0 atom stereocenters. The van der Waals surface area contributed by atoms with Gasteiger partial charge in [-0.05, 0) is 29.3 Å². The van der Waals surface area contributed by atoms with Crippen LogP contribution in [-0.4, -0.2) is 4.90 Å². The van der Waals surface area contributed by atoms with Gasteiger partial charge in [-0.3, -0.25) is 4.90 Å². The molecule has 2 aromatic rings. The van der Waals surface area contributed by atoms with Crippen LogP contribution in [0.2, 0.25) is 5.02 Å². The smallest absolute Gasteiger partial charge is 0.128 e. The second-order valence-corrected chi connectivity index (χ2v) is 5.09. The molecular formula is C15H13ClFN. The van der Waals surface area contributed by atoms with Crippen LogP contribution in [0, 0.1) is 5.82 Å². The van der Waals surface area contributed by atoms with Gasteiger partial charge in [-0.1, -0.05) is 35.9 Å². The zero-order chi connectivity index (χ0) is 12.5. The molecule has 1 aliphatic heterocycles. The highest BCUT2D eigenvalue weighted by atomic mass is 35.5. The number of halogens is 2. The third-order valence-electron chi connectivity index (χ3n) is 3.31. The molecule has 0 aromatic heterocycles. The Morgan fingerprint density at radius 2 is 1.83 bits per heavy atom. The molecular weight excluding hydrogens is 249 g/mol. The lowest BCUT2D eigenvalue weighted by Gasteiger charge is -2.14. The van der Waals surface area contributed by atoms with E-state index in [-0.39, 0.29) is 5.82 Å². The Bertz CT molecular complexity index is 565. The van der Waals surface area contributed by atoms with Gasteiger partial charge in [0.25, 0.3) is 0 Å². The maximum atomic E-state index is 13.6. The van der Waals surface area contributed by atoms with Crippen LogP contribution in [0.3, 0.4) is 0 Å². The molecule has 0 unspecified atom stereocenters. The van der Waals surface area contributed by atoms with E-state index in [0.29, 0.717) is 6.54 Å². The minimum atomic E-state index is -0.0916. The Morgan fingerprint density at radius 3 is 2.56 bits per heavy atom. The molecule has 0 bridgehead atoms. The molecule has 3 rings (SSSR count). The Hall–Kier alpha value is -1.38. The van der Waals surface area contributed by atoms with Crippen molar-refractivity contribution in [2.45, 2.75) is 19.6 Å². The monoisotopic (exact) mass is 261 g/mol. The Kier molecular flexibility index (Phi) is 3.06. The fraction of sp³-hybridized carbons (Fsp3) is 0.200. The zero-order valence-corrected chi connectivity index (χ0v) is 10.6. The van der Waals surface area contributed by atoms with E-state index in [2.05, 4.69) is 4.90 Å². The van der Waals surface area contributed by atoms with Crippen LogP contribution in [0.4, 0.5) is 4.39 Å². The summed E-state index contributed by atoms with van der Waals surface area (Å²) in [6.07, 6.45) is 0. The van der Waals surface area contributed by atoms with E-state index in [4.69, 9.17) is 11.6 Å². The van der Waals surface area contributed by atoms with Crippen molar-refractivity contribution in [3.63, 3.8) is 0 Å². The molecule has 0 amide bonds. The van der Waals surface area contributed by atoms with E-state index in [0.717, 1.165) is 29.2 Å². The van der Waals surface area contributed by atoms with Gasteiger partial charge >= 0.3 is 0 Å². The van der Waals surface area contributed by atoms with Crippen LogP contribution in [0.25, 0.3) is 0 Å². The second-order valence-electron chi connectivity index (χ2n) is 4.65. The Labute approximate surface area is 111 Å². The number of hydrogen-bond donors (Lipinski definition) is 0. The van der Waals surface area contributed by atoms with Gasteiger partial charge < -0.3 is 0 Å². The third kappa shape index (κ3) is 2.26.